The molecule has 0 aliphatic rings. The van der Waals surface area contributed by atoms with E-state index in [2.05, 4.69) is 5.32 Å². The number of ketones is 1. The van der Waals surface area contributed by atoms with Gasteiger partial charge in [0.25, 0.3) is 0 Å². The Morgan fingerprint density at radius 3 is 2.47 bits per heavy atom. The Morgan fingerprint density at radius 2 is 1.94 bits per heavy atom. The van der Waals surface area contributed by atoms with E-state index in [4.69, 9.17) is 0 Å². The predicted octanol–water partition coefficient (Wildman–Crippen LogP) is 1.70. The highest BCUT2D eigenvalue weighted by Gasteiger charge is 2.09. The molecule has 0 atom stereocenters. The van der Waals surface area contributed by atoms with Crippen molar-refractivity contribution in [2.75, 3.05) is 26.0 Å². The fourth-order valence-corrected chi connectivity index (χ4v) is 1.50. The van der Waals surface area contributed by atoms with Crippen LogP contribution in [-0.2, 0) is 4.79 Å². The Morgan fingerprint density at radius 1 is 1.29 bits per heavy atom. The summed E-state index contributed by atoms with van der Waals surface area (Å²) in [4.78, 5) is 24.7. The van der Waals surface area contributed by atoms with Gasteiger partial charge in [-0.3, -0.25) is 9.59 Å². The summed E-state index contributed by atoms with van der Waals surface area (Å²) in [5.41, 5.74) is 2.26. The van der Waals surface area contributed by atoms with Crippen molar-refractivity contribution in [3.63, 3.8) is 0 Å². The minimum absolute atomic E-state index is 0.0432. The molecule has 1 N–H and O–H groups in total. The zero-order valence-corrected chi connectivity index (χ0v) is 10.7. The second-order valence-electron chi connectivity index (χ2n) is 4.37. The molecule has 0 spiro atoms. The second kappa shape index (κ2) is 5.59. The summed E-state index contributed by atoms with van der Waals surface area (Å²) < 4.78 is 0. The molecular weight excluding hydrogens is 216 g/mol. The number of carbonyl (C=O) groups is 2. The summed E-state index contributed by atoms with van der Waals surface area (Å²) >= 11 is 0. The van der Waals surface area contributed by atoms with Crippen molar-refractivity contribution < 1.29 is 9.59 Å². The van der Waals surface area contributed by atoms with Crippen LogP contribution in [0.1, 0.15) is 22.8 Å². The number of amides is 1. The number of carbonyl (C=O) groups excluding carboxylic acids is 2. The first-order valence-corrected chi connectivity index (χ1v) is 5.46. The van der Waals surface area contributed by atoms with Gasteiger partial charge in [-0.25, -0.2) is 0 Å². The van der Waals surface area contributed by atoms with Gasteiger partial charge in [0.1, 0.15) is 0 Å². The SMILES string of the molecule is CC(=O)Nc1cc(C(=O)CN(C)C)ccc1C. The topological polar surface area (TPSA) is 49.4 Å². The van der Waals surface area contributed by atoms with E-state index < -0.39 is 0 Å². The van der Waals surface area contributed by atoms with E-state index in [-0.39, 0.29) is 11.7 Å². The van der Waals surface area contributed by atoms with Gasteiger partial charge in [-0.05, 0) is 32.6 Å². The summed E-state index contributed by atoms with van der Waals surface area (Å²) in [6.45, 7) is 3.71. The van der Waals surface area contributed by atoms with Crippen molar-refractivity contribution in [1.82, 2.24) is 4.90 Å². The first kappa shape index (κ1) is 13.4. The molecule has 0 heterocycles. The summed E-state index contributed by atoms with van der Waals surface area (Å²) in [6.07, 6.45) is 0. The first-order valence-electron chi connectivity index (χ1n) is 5.46. The summed E-state index contributed by atoms with van der Waals surface area (Å²) in [5.74, 6) is -0.0908. The molecule has 0 aromatic heterocycles. The fraction of sp³-hybridized carbons (Fsp3) is 0.385. The molecule has 0 radical (unpaired) electrons. The number of nitrogens with zero attached hydrogens (tertiary/aromatic N) is 1. The molecule has 1 aromatic carbocycles. The van der Waals surface area contributed by atoms with Gasteiger partial charge in [0.15, 0.2) is 5.78 Å². The standard InChI is InChI=1S/C13H18N2O2/c1-9-5-6-11(13(17)8-15(3)4)7-12(9)14-10(2)16/h5-7H,8H2,1-4H3,(H,14,16). The number of hydrogen-bond acceptors (Lipinski definition) is 3. The quantitative estimate of drug-likeness (QED) is 0.807. The highest BCUT2D eigenvalue weighted by molar-refractivity contribution is 5.99. The number of benzene rings is 1. The van der Waals surface area contributed by atoms with Gasteiger partial charge in [0.05, 0.1) is 6.54 Å². The molecule has 0 aliphatic heterocycles. The highest BCUT2D eigenvalue weighted by Crippen LogP contribution is 2.17. The molecule has 1 rings (SSSR count). The minimum Gasteiger partial charge on any atom is -0.326 e. The third-order valence-electron chi connectivity index (χ3n) is 2.33. The minimum atomic E-state index is -0.134. The van der Waals surface area contributed by atoms with Gasteiger partial charge in [0, 0.05) is 18.2 Å². The van der Waals surface area contributed by atoms with Crippen LogP contribution in [0.2, 0.25) is 0 Å². The van der Waals surface area contributed by atoms with Crippen LogP contribution in [0.25, 0.3) is 0 Å². The van der Waals surface area contributed by atoms with E-state index in [1.165, 1.54) is 6.92 Å². The largest absolute Gasteiger partial charge is 0.326 e. The Bertz CT molecular complexity index is 439. The molecule has 0 saturated carbocycles. The highest BCUT2D eigenvalue weighted by atomic mass is 16.1. The van der Waals surface area contributed by atoms with E-state index in [9.17, 15) is 9.59 Å². The maximum atomic E-state index is 11.9. The van der Waals surface area contributed by atoms with Gasteiger partial charge >= 0.3 is 0 Å². The average molecular weight is 234 g/mol. The Kier molecular flexibility index (Phi) is 4.40. The number of rotatable bonds is 4. The fourth-order valence-electron chi connectivity index (χ4n) is 1.50. The molecule has 4 heteroatoms. The van der Waals surface area contributed by atoms with Crippen LogP contribution in [0.4, 0.5) is 5.69 Å². The normalized spacial score (nSPS) is 10.4. The van der Waals surface area contributed by atoms with Crippen molar-refractivity contribution in [1.29, 1.82) is 0 Å². The summed E-state index contributed by atoms with van der Waals surface area (Å²) in [5, 5.41) is 2.72. The zero-order valence-electron chi connectivity index (χ0n) is 10.7. The number of Topliss-reactive ketones (excluding diaryl/α,β-unsaturated/α-hetero) is 1. The Labute approximate surface area is 102 Å². The molecule has 17 heavy (non-hydrogen) atoms. The predicted molar refractivity (Wildman–Crippen MR) is 68.4 cm³/mol. The molecular formula is C13H18N2O2. The summed E-state index contributed by atoms with van der Waals surface area (Å²) in [7, 11) is 3.70. The number of aryl methyl sites for hydroxylation is 1. The van der Waals surface area contributed by atoms with E-state index in [0.717, 1.165) is 5.56 Å². The molecule has 0 unspecified atom stereocenters. The molecule has 92 valence electrons. The number of nitrogens with one attached hydrogen (secondary N) is 1. The van der Waals surface area contributed by atoms with E-state index in [0.29, 0.717) is 17.8 Å². The zero-order chi connectivity index (χ0) is 13.0. The molecule has 0 fully saturated rings. The maximum Gasteiger partial charge on any atom is 0.221 e. The first-order chi connectivity index (χ1) is 7.90. The van der Waals surface area contributed by atoms with Crippen molar-refractivity contribution in [3.8, 4) is 0 Å². The van der Waals surface area contributed by atoms with Gasteiger partial charge in [-0.15, -0.1) is 0 Å². The van der Waals surface area contributed by atoms with Crippen LogP contribution in [0.5, 0.6) is 0 Å². The van der Waals surface area contributed by atoms with E-state index in [1.807, 2.05) is 32.0 Å². The lowest BCUT2D eigenvalue weighted by molar-refractivity contribution is -0.114. The number of likely N-dealkylation sites (N-methyl/N-ethyl adjacent to an activating group) is 1. The van der Waals surface area contributed by atoms with Crippen LogP contribution in [0, 0.1) is 6.92 Å². The van der Waals surface area contributed by atoms with Crippen molar-refractivity contribution in [3.05, 3.63) is 29.3 Å². The molecule has 0 saturated heterocycles. The van der Waals surface area contributed by atoms with Gasteiger partial charge in [0.2, 0.25) is 5.91 Å². The maximum absolute atomic E-state index is 11.9. The van der Waals surface area contributed by atoms with Gasteiger partial charge in [-0.1, -0.05) is 12.1 Å². The summed E-state index contributed by atoms with van der Waals surface area (Å²) in [6, 6.07) is 5.35. The van der Waals surface area contributed by atoms with Crippen molar-refractivity contribution >= 4 is 17.4 Å². The third kappa shape index (κ3) is 4.00. The molecule has 0 bridgehead atoms. The lowest BCUT2D eigenvalue weighted by Gasteiger charge is -2.11. The van der Waals surface area contributed by atoms with Crippen LogP contribution < -0.4 is 5.32 Å². The monoisotopic (exact) mass is 234 g/mol. The van der Waals surface area contributed by atoms with Crippen molar-refractivity contribution in [2.24, 2.45) is 0 Å². The number of anilines is 1. The van der Waals surface area contributed by atoms with Crippen LogP contribution in [-0.4, -0.2) is 37.2 Å². The van der Waals surface area contributed by atoms with E-state index >= 15 is 0 Å². The lowest BCUT2D eigenvalue weighted by Crippen LogP contribution is -2.21. The Hall–Kier alpha value is -1.68. The molecule has 0 aliphatic carbocycles. The van der Waals surface area contributed by atoms with E-state index in [1.54, 1.807) is 12.1 Å². The third-order valence-corrected chi connectivity index (χ3v) is 2.33. The van der Waals surface area contributed by atoms with Crippen LogP contribution >= 0.6 is 0 Å². The average Bonchev–Trinajstić information content (AvgIpc) is 2.19. The van der Waals surface area contributed by atoms with Gasteiger partial charge < -0.3 is 10.2 Å². The Balaban J connectivity index is 2.95. The lowest BCUT2D eigenvalue weighted by atomic mass is 10.1. The molecule has 1 aromatic rings. The van der Waals surface area contributed by atoms with Crippen molar-refractivity contribution in [2.45, 2.75) is 13.8 Å². The van der Waals surface area contributed by atoms with Crippen LogP contribution in [0.3, 0.4) is 0 Å². The number of hydrogen-bond donors (Lipinski definition) is 1. The smallest absolute Gasteiger partial charge is 0.221 e. The van der Waals surface area contributed by atoms with Crippen LogP contribution in [0.15, 0.2) is 18.2 Å². The molecule has 4 nitrogen and oxygen atoms in total. The van der Waals surface area contributed by atoms with Gasteiger partial charge in [-0.2, -0.15) is 0 Å². The second-order valence-corrected chi connectivity index (χ2v) is 4.37. The molecule has 1 amide bonds.